The Morgan fingerprint density at radius 1 is 0.652 bits per heavy atom. The van der Waals surface area contributed by atoms with Gasteiger partial charge in [0.05, 0.1) is 31.1 Å². The van der Waals surface area contributed by atoms with Crippen molar-refractivity contribution in [1.82, 2.24) is 58.6 Å². The van der Waals surface area contributed by atoms with E-state index in [4.69, 9.17) is 57.6 Å². The third-order valence-electron chi connectivity index (χ3n) is 12.5. The van der Waals surface area contributed by atoms with Gasteiger partial charge in [-0.3, -0.25) is 28.1 Å². The van der Waals surface area contributed by atoms with Gasteiger partial charge < -0.3 is 9.47 Å². The fourth-order valence-electron chi connectivity index (χ4n) is 8.87. The van der Waals surface area contributed by atoms with Gasteiger partial charge in [-0.25, -0.2) is 38.7 Å². The first kappa shape index (κ1) is 43.5. The molecular weight excluding hydrogens is 893 g/mol. The molecule has 0 bridgehead atoms. The van der Waals surface area contributed by atoms with Crippen LogP contribution in [0.25, 0.3) is 44.6 Å². The lowest BCUT2D eigenvalue weighted by molar-refractivity contribution is 0.00387. The summed E-state index contributed by atoms with van der Waals surface area (Å²) in [4.78, 5) is 56.8. The zero-order valence-electron chi connectivity index (χ0n) is 36.3. The van der Waals surface area contributed by atoms with Gasteiger partial charge in [0.2, 0.25) is 0 Å². The van der Waals surface area contributed by atoms with Gasteiger partial charge in [-0.05, 0) is 75.9 Å². The van der Waals surface area contributed by atoms with Gasteiger partial charge in [0.15, 0.2) is 11.0 Å². The van der Waals surface area contributed by atoms with Crippen molar-refractivity contribution in [3.63, 3.8) is 0 Å². The smallest absolute Gasteiger partial charge is 0.280 e. The highest BCUT2D eigenvalue weighted by Gasteiger charge is 2.32. The number of nitrogens with zero attached hydrogens (tertiary/aromatic N) is 12. The highest BCUT2D eigenvalue weighted by atomic mass is 35.5. The second-order valence-corrected chi connectivity index (χ2v) is 17.7. The van der Waals surface area contributed by atoms with Crippen molar-refractivity contribution in [1.29, 1.82) is 0 Å². The molecule has 0 saturated carbocycles. The van der Waals surface area contributed by atoms with Crippen molar-refractivity contribution < 1.29 is 18.3 Å². The van der Waals surface area contributed by atoms with Crippen molar-refractivity contribution in [3.8, 4) is 22.5 Å². The van der Waals surface area contributed by atoms with Crippen LogP contribution >= 0.6 is 23.2 Å². The van der Waals surface area contributed by atoms with Gasteiger partial charge >= 0.3 is 0 Å². The molecule has 2 fully saturated rings. The fourth-order valence-corrected chi connectivity index (χ4v) is 9.18. The van der Waals surface area contributed by atoms with Crippen LogP contribution in [0.3, 0.4) is 0 Å². The molecule has 338 valence electrons. The summed E-state index contributed by atoms with van der Waals surface area (Å²) in [5.74, 6) is -0.0288. The van der Waals surface area contributed by atoms with Crippen molar-refractivity contribution in [2.75, 3.05) is 13.2 Å². The number of aryl methyl sites for hydroxylation is 4. The van der Waals surface area contributed by atoms with E-state index in [1.54, 1.807) is 54.8 Å². The van der Waals surface area contributed by atoms with E-state index in [2.05, 4.69) is 15.2 Å². The van der Waals surface area contributed by atoms with Crippen LogP contribution in [0.4, 0.5) is 8.78 Å². The predicted octanol–water partition coefficient (Wildman–Crippen LogP) is 7.66. The molecule has 8 aromatic rings. The first-order chi connectivity index (χ1) is 31.8. The fraction of sp³-hybridized carbons (Fsp3) is 0.348. The molecule has 2 aliphatic rings. The van der Waals surface area contributed by atoms with Gasteiger partial charge in [0, 0.05) is 90.4 Å². The first-order valence-corrected chi connectivity index (χ1v) is 22.2. The Morgan fingerprint density at radius 2 is 1.18 bits per heavy atom. The summed E-state index contributed by atoms with van der Waals surface area (Å²) >= 11 is 12.2. The molecule has 16 nitrogen and oxygen atoms in total. The number of hydrogen-bond donors (Lipinski definition) is 0. The molecule has 2 saturated heterocycles. The summed E-state index contributed by atoms with van der Waals surface area (Å²) in [5.41, 5.74) is 2.25. The number of fused-ring (bicyclic) bond motifs is 2. The van der Waals surface area contributed by atoms with E-state index in [-0.39, 0.29) is 84.7 Å². The zero-order valence-corrected chi connectivity index (χ0v) is 37.8. The minimum absolute atomic E-state index is 0.0730. The molecule has 2 aliphatic heterocycles. The van der Waals surface area contributed by atoms with Crippen LogP contribution in [0.5, 0.6) is 0 Å². The van der Waals surface area contributed by atoms with E-state index in [1.165, 1.54) is 33.4 Å². The van der Waals surface area contributed by atoms with E-state index in [0.29, 0.717) is 68.7 Å². The molecule has 10 rings (SSSR count). The minimum atomic E-state index is -0.596. The van der Waals surface area contributed by atoms with Crippen molar-refractivity contribution in [3.05, 3.63) is 138 Å². The molecule has 0 N–H and O–H groups in total. The predicted molar refractivity (Wildman–Crippen MR) is 241 cm³/mol. The second-order valence-electron chi connectivity index (χ2n) is 16.8. The number of hydrogen-bond acceptors (Lipinski definition) is 12. The van der Waals surface area contributed by atoms with Crippen molar-refractivity contribution in [2.45, 2.75) is 76.7 Å². The molecule has 66 heavy (non-hydrogen) atoms. The molecule has 2 aromatic carbocycles. The van der Waals surface area contributed by atoms with Crippen LogP contribution in [0.2, 0.25) is 10.0 Å². The summed E-state index contributed by atoms with van der Waals surface area (Å²) < 4.78 is 49.8. The standard InChI is InChI=1S/C46H42Cl2F2N12O4/c1-23-53-39-37(31-7-5-29(47)17-33(31)49)55-43(57-41(39)45(63)60(23)4)26-10-14-66-36(16-26)28-20-52-61(22-28)11-12-62-24(2)54-40-38(32-8-6-30(48)18-34(32)50)56-44(58-42(40)46(62)64)25-9-13-65-35(15-25)27-19-51-59(3)21-27/h5-8,17-22,25-26,35-36H,9-16H2,1-4H3/t25-,26+,35+,36-/m0/s1. The Kier molecular flexibility index (Phi) is 11.5. The molecule has 0 unspecified atom stereocenters. The summed E-state index contributed by atoms with van der Waals surface area (Å²) in [6.45, 7) is 4.72. The van der Waals surface area contributed by atoms with Gasteiger partial charge in [0.1, 0.15) is 57.4 Å². The molecule has 6 aromatic heterocycles. The third kappa shape index (κ3) is 8.16. The molecule has 0 amide bonds. The topological polar surface area (TPSA) is 175 Å². The maximum atomic E-state index is 15.6. The summed E-state index contributed by atoms with van der Waals surface area (Å²) in [6.07, 6.45) is 8.76. The quantitative estimate of drug-likeness (QED) is 0.138. The highest BCUT2D eigenvalue weighted by Crippen LogP contribution is 2.40. The molecule has 0 aliphatic carbocycles. The largest absolute Gasteiger partial charge is 0.373 e. The Bertz CT molecular complexity index is 3340. The van der Waals surface area contributed by atoms with Crippen LogP contribution in [0.15, 0.2) is 70.8 Å². The maximum Gasteiger partial charge on any atom is 0.280 e. The highest BCUT2D eigenvalue weighted by molar-refractivity contribution is 6.31. The van der Waals surface area contributed by atoms with E-state index in [1.807, 2.05) is 19.4 Å². The average Bonchev–Trinajstić information content (AvgIpc) is 3.97. The van der Waals surface area contributed by atoms with Crippen LogP contribution in [-0.2, 0) is 36.7 Å². The average molecular weight is 936 g/mol. The van der Waals surface area contributed by atoms with E-state index in [9.17, 15) is 9.59 Å². The maximum absolute atomic E-state index is 15.6. The van der Waals surface area contributed by atoms with Crippen LogP contribution < -0.4 is 11.1 Å². The number of benzene rings is 2. The van der Waals surface area contributed by atoms with E-state index >= 15 is 8.78 Å². The van der Waals surface area contributed by atoms with E-state index in [0.717, 1.165) is 11.1 Å². The van der Waals surface area contributed by atoms with Crippen molar-refractivity contribution >= 4 is 45.3 Å². The normalized spacial score (nSPS) is 19.0. The monoisotopic (exact) mass is 934 g/mol. The molecule has 8 heterocycles. The minimum Gasteiger partial charge on any atom is -0.373 e. The zero-order chi connectivity index (χ0) is 46.0. The van der Waals surface area contributed by atoms with Crippen LogP contribution in [-0.4, -0.2) is 71.8 Å². The van der Waals surface area contributed by atoms with Crippen LogP contribution in [0, 0.1) is 25.5 Å². The number of halogens is 4. The van der Waals surface area contributed by atoms with Gasteiger partial charge in [-0.15, -0.1) is 0 Å². The summed E-state index contributed by atoms with van der Waals surface area (Å²) in [6, 6.07) is 8.62. The lowest BCUT2D eigenvalue weighted by Gasteiger charge is -2.28. The Hall–Kier alpha value is -6.34. The second kappa shape index (κ2) is 17.5. The number of ether oxygens (including phenoxy) is 2. The molecular formula is C46H42Cl2F2N12O4. The summed E-state index contributed by atoms with van der Waals surface area (Å²) in [5, 5.41) is 9.37. The lowest BCUT2D eigenvalue weighted by Crippen LogP contribution is -2.28. The lowest BCUT2D eigenvalue weighted by atomic mass is 9.92. The Labute approximate surface area is 385 Å². The molecule has 4 atom stereocenters. The van der Waals surface area contributed by atoms with Crippen molar-refractivity contribution in [2.24, 2.45) is 14.1 Å². The number of rotatable bonds is 9. The molecule has 0 radical (unpaired) electrons. The first-order valence-electron chi connectivity index (χ1n) is 21.5. The van der Waals surface area contributed by atoms with Crippen LogP contribution in [0.1, 0.15) is 84.2 Å². The number of aromatic nitrogens is 12. The molecule has 20 heteroatoms. The third-order valence-corrected chi connectivity index (χ3v) is 13.0. The van der Waals surface area contributed by atoms with Gasteiger partial charge in [-0.1, -0.05) is 23.2 Å². The summed E-state index contributed by atoms with van der Waals surface area (Å²) in [7, 11) is 3.46. The Balaban J connectivity index is 0.931. The SMILES string of the molecule is Cc1nc2c(-c3ccc(Cl)cc3F)nc([C@@H]3CCO[C@H](c4cnn(CCn5c(C)nc6c(-c7ccc(Cl)cc7F)nc([C@H]7CCO[C@@H](c8cnn(C)c8)C7)nc6c5=O)c4)C3)nc2c(=O)n1C. The van der Waals surface area contributed by atoms with Gasteiger partial charge in [-0.2, -0.15) is 10.2 Å². The van der Waals surface area contributed by atoms with E-state index < -0.39 is 23.3 Å². The Morgan fingerprint density at radius 3 is 1.73 bits per heavy atom. The molecule has 0 spiro atoms. The van der Waals surface area contributed by atoms with Gasteiger partial charge in [0.25, 0.3) is 11.1 Å².